The number of nitrogens with zero attached hydrogens (tertiary/aromatic N) is 15. The van der Waals surface area contributed by atoms with Gasteiger partial charge in [0.1, 0.15) is 11.0 Å². The molecule has 24 heteroatoms. The number of hydrogen-bond acceptors (Lipinski definition) is 14. The van der Waals surface area contributed by atoms with Gasteiger partial charge in [0.2, 0.25) is 19.1 Å². The summed E-state index contributed by atoms with van der Waals surface area (Å²) in [6, 6.07) is 15.5. The summed E-state index contributed by atoms with van der Waals surface area (Å²) in [7, 11) is 5.23. The van der Waals surface area contributed by atoms with Gasteiger partial charge < -0.3 is 0 Å². The highest BCUT2D eigenvalue weighted by Gasteiger charge is 2.33. The van der Waals surface area contributed by atoms with Crippen molar-refractivity contribution in [1.82, 2.24) is 72.0 Å². The summed E-state index contributed by atoms with van der Waals surface area (Å²) in [5.74, 6) is 0. The van der Waals surface area contributed by atoms with Gasteiger partial charge in [0.05, 0.1) is 99.2 Å². The molecule has 10 aromatic rings. The van der Waals surface area contributed by atoms with E-state index < -0.39 is 19.1 Å². The van der Waals surface area contributed by atoms with Crippen molar-refractivity contribution in [2.24, 2.45) is 28.2 Å². The summed E-state index contributed by atoms with van der Waals surface area (Å²) >= 11 is 0. The molecule has 11 heterocycles. The molecular formula is C49H50ClN15O6S2. The van der Waals surface area contributed by atoms with Crippen LogP contribution in [0.3, 0.4) is 0 Å². The van der Waals surface area contributed by atoms with Crippen LogP contribution in [-0.4, -0.2) is 114 Å². The van der Waals surface area contributed by atoms with E-state index in [1.165, 1.54) is 10.6 Å². The summed E-state index contributed by atoms with van der Waals surface area (Å²) in [6.07, 6.45) is 21.5. The lowest BCUT2D eigenvalue weighted by Gasteiger charge is -2.15. The Kier molecular flexibility index (Phi) is 12.9. The highest BCUT2D eigenvalue weighted by atomic mass is 35.7. The van der Waals surface area contributed by atoms with Gasteiger partial charge in [-0.25, -0.2) is 40.7 Å². The highest BCUT2D eigenvalue weighted by Crippen LogP contribution is 2.35. The van der Waals surface area contributed by atoms with E-state index in [0.717, 1.165) is 93.3 Å². The fourth-order valence-electron chi connectivity index (χ4n) is 9.70. The molecule has 12 rings (SSSR count). The average molecular weight is 1040 g/mol. The van der Waals surface area contributed by atoms with Gasteiger partial charge in [0.25, 0.3) is 0 Å². The first-order valence-corrected chi connectivity index (χ1v) is 27.9. The number of sulfonamides is 1. The minimum atomic E-state index is -3.34. The number of aromatic nitrogens is 14. The zero-order valence-corrected chi connectivity index (χ0v) is 43.1. The van der Waals surface area contributed by atoms with Crippen LogP contribution in [0, 0.1) is 0 Å². The fraction of sp³-hybridized carbons (Fsp3) is 0.306. The second-order valence-electron chi connectivity index (χ2n) is 18.4. The molecule has 1 aliphatic carbocycles. The molecule has 21 nitrogen and oxygen atoms in total. The van der Waals surface area contributed by atoms with Crippen LogP contribution in [0.4, 0.5) is 0 Å². The van der Waals surface area contributed by atoms with Crippen LogP contribution in [0.2, 0.25) is 0 Å². The van der Waals surface area contributed by atoms with Crippen LogP contribution in [-0.2, 0) is 47.3 Å². The van der Waals surface area contributed by atoms with Gasteiger partial charge in [-0.15, -0.1) is 0 Å². The molecule has 0 radical (unpaired) electrons. The molecule has 376 valence electrons. The lowest BCUT2D eigenvalue weighted by atomic mass is 10.1. The molecule has 0 amide bonds. The molecule has 0 aromatic carbocycles. The minimum absolute atomic E-state index is 0.0101. The lowest BCUT2D eigenvalue weighted by Crippen LogP contribution is -2.31. The molecule has 0 bridgehead atoms. The monoisotopic (exact) mass is 1040 g/mol. The van der Waals surface area contributed by atoms with Crippen LogP contribution in [0.1, 0.15) is 44.2 Å². The molecule has 10 aromatic heterocycles. The number of pyridine rings is 6. The van der Waals surface area contributed by atoms with Crippen molar-refractivity contribution < 1.29 is 16.8 Å². The summed E-state index contributed by atoms with van der Waals surface area (Å²) in [5, 5.41) is 8.41. The SMILES string of the molecule is CS(=O)(=O)Cl.Cn1cc(-c2ccc(-c3ccc4ncc5c(c4n3)n(C3CCCC3)c(=O)n5C)cn2)cn1.Cn1cc(-c2ccc(-c3ccc4ncc5c(c4n3)n([C@H]3CCN(S(C)(=O)=O)C3)c(=O)n5C)cn2)cn1. The van der Waals surface area contributed by atoms with Crippen molar-refractivity contribution in [1.29, 1.82) is 0 Å². The predicted octanol–water partition coefficient (Wildman–Crippen LogP) is 6.00. The van der Waals surface area contributed by atoms with Crippen molar-refractivity contribution in [3.8, 4) is 45.0 Å². The normalized spacial score (nSPS) is 15.6. The van der Waals surface area contributed by atoms with Crippen LogP contribution < -0.4 is 11.4 Å². The Morgan fingerprint density at radius 1 is 0.534 bits per heavy atom. The van der Waals surface area contributed by atoms with Crippen LogP contribution in [0.25, 0.3) is 89.2 Å². The van der Waals surface area contributed by atoms with Crippen molar-refractivity contribution in [2.45, 2.75) is 44.2 Å². The summed E-state index contributed by atoms with van der Waals surface area (Å²) < 4.78 is 54.8. The van der Waals surface area contributed by atoms with Crippen LogP contribution in [0.5, 0.6) is 0 Å². The maximum absolute atomic E-state index is 13.3. The number of rotatable bonds is 7. The zero-order valence-electron chi connectivity index (χ0n) is 40.7. The maximum Gasteiger partial charge on any atom is 0.329 e. The lowest BCUT2D eigenvalue weighted by molar-refractivity contribution is 0.454. The first-order chi connectivity index (χ1) is 34.8. The number of halogens is 1. The highest BCUT2D eigenvalue weighted by molar-refractivity contribution is 8.13. The Bertz CT molecular complexity index is 4090. The first-order valence-electron chi connectivity index (χ1n) is 23.3. The molecule has 1 saturated heterocycles. The summed E-state index contributed by atoms with van der Waals surface area (Å²) in [5.41, 5.74) is 12.5. The minimum Gasteiger partial charge on any atom is -0.293 e. The topological polar surface area (TPSA) is 238 Å². The van der Waals surface area contributed by atoms with Crippen molar-refractivity contribution in [2.75, 3.05) is 25.6 Å². The number of aryl methyl sites for hydroxylation is 4. The molecular weight excluding hydrogens is 994 g/mol. The first kappa shape index (κ1) is 49.1. The van der Waals surface area contributed by atoms with Crippen molar-refractivity contribution >= 4 is 73.9 Å². The van der Waals surface area contributed by atoms with Gasteiger partial charge in [-0.2, -0.15) is 10.2 Å². The van der Waals surface area contributed by atoms with E-state index in [2.05, 4.69) is 40.8 Å². The van der Waals surface area contributed by atoms with Crippen molar-refractivity contribution in [3.05, 3.63) is 119 Å². The van der Waals surface area contributed by atoms with E-state index in [-0.39, 0.29) is 30.0 Å². The summed E-state index contributed by atoms with van der Waals surface area (Å²) in [4.78, 5) is 54.6. The standard InChI is InChI=1S/C24H24N8O3S.C24H23N7O.CH3ClO2S/c1-29-13-16(11-27-29)18-5-4-15(10-25-18)19-6-7-20-22(28-19)23-21(12-26-20)30(2)24(33)32(23)17-8-9-31(14-17)36(3,34)35;1-29-14-16(12-27-29)18-8-7-15(11-25-18)19-9-10-20-22(28-19)23-21(13-26-20)30(2)24(32)31(23)17-5-3-4-6-17;1-5(2,3)4/h4-7,10-13,17H,8-9,14H2,1-3H3;7-14,17H,3-6H2,1-2H3;1H3/t17-;;/m0../s1. The van der Waals surface area contributed by atoms with E-state index in [1.54, 1.807) is 61.1 Å². The molecule has 0 unspecified atom stereocenters. The van der Waals surface area contributed by atoms with Crippen LogP contribution >= 0.6 is 10.7 Å². The molecule has 1 atom stereocenters. The third-order valence-corrected chi connectivity index (χ3v) is 14.6. The Labute approximate surface area is 422 Å². The van der Waals surface area contributed by atoms with Gasteiger partial charge in [0, 0.05) is 105 Å². The average Bonchev–Trinajstić information content (AvgIpc) is 4.25. The van der Waals surface area contributed by atoms with E-state index in [9.17, 15) is 26.4 Å². The van der Waals surface area contributed by atoms with E-state index in [0.29, 0.717) is 40.7 Å². The third kappa shape index (κ3) is 9.79. The maximum atomic E-state index is 13.3. The molecule has 1 aliphatic heterocycles. The molecule has 73 heavy (non-hydrogen) atoms. The molecule has 2 fully saturated rings. The third-order valence-electron chi connectivity index (χ3n) is 13.3. The summed E-state index contributed by atoms with van der Waals surface area (Å²) in [6.45, 7) is 0.629. The van der Waals surface area contributed by atoms with Crippen LogP contribution in [0.15, 0.2) is 108 Å². The quantitative estimate of drug-likeness (QED) is 0.167. The van der Waals surface area contributed by atoms with E-state index >= 15 is 0 Å². The van der Waals surface area contributed by atoms with E-state index in [4.69, 9.17) is 9.97 Å². The zero-order chi connectivity index (χ0) is 51.5. The Morgan fingerprint density at radius 2 is 0.973 bits per heavy atom. The Morgan fingerprint density at radius 3 is 1.36 bits per heavy atom. The van der Waals surface area contributed by atoms with Gasteiger partial charge in [-0.1, -0.05) is 12.8 Å². The van der Waals surface area contributed by atoms with E-state index in [1.807, 2.05) is 92.8 Å². The Balaban J connectivity index is 0.000000154. The second-order valence-corrected chi connectivity index (χ2v) is 23.4. The second kappa shape index (κ2) is 19.2. The number of fused-ring (bicyclic) bond motifs is 6. The smallest absolute Gasteiger partial charge is 0.293 e. The van der Waals surface area contributed by atoms with Gasteiger partial charge in [-0.3, -0.25) is 47.6 Å². The molecule has 0 N–H and O–H groups in total. The molecule has 2 aliphatic rings. The molecule has 0 spiro atoms. The van der Waals surface area contributed by atoms with Crippen molar-refractivity contribution in [3.63, 3.8) is 0 Å². The Hall–Kier alpha value is -7.47. The number of hydrogen-bond donors (Lipinski definition) is 0. The molecule has 1 saturated carbocycles. The number of imidazole rings is 2. The fourth-order valence-corrected chi connectivity index (χ4v) is 10.6. The van der Waals surface area contributed by atoms with Gasteiger partial charge >= 0.3 is 11.4 Å². The largest absolute Gasteiger partial charge is 0.329 e. The van der Waals surface area contributed by atoms with Gasteiger partial charge in [0.15, 0.2) is 0 Å². The predicted molar refractivity (Wildman–Crippen MR) is 280 cm³/mol. The van der Waals surface area contributed by atoms with Gasteiger partial charge in [-0.05, 0) is 67.8 Å².